The molecule has 0 aliphatic carbocycles. The lowest BCUT2D eigenvalue weighted by Crippen LogP contribution is -2.28. The third-order valence-electron chi connectivity index (χ3n) is 5.60. The van der Waals surface area contributed by atoms with Crippen molar-refractivity contribution in [3.8, 4) is 0 Å². The second-order valence-corrected chi connectivity index (χ2v) is 7.37. The summed E-state index contributed by atoms with van der Waals surface area (Å²) in [7, 11) is 0. The normalized spacial score (nSPS) is 27.3. The molecule has 0 unspecified atom stereocenters. The average Bonchev–Trinajstić information content (AvgIpc) is 3.25. The van der Waals surface area contributed by atoms with Crippen LogP contribution in [-0.2, 0) is 16.0 Å². The van der Waals surface area contributed by atoms with Crippen molar-refractivity contribution in [3.05, 3.63) is 35.4 Å². The molecule has 2 heterocycles. The Morgan fingerprint density at radius 3 is 2.77 bits per heavy atom. The fourth-order valence-corrected chi connectivity index (χ4v) is 4.13. The summed E-state index contributed by atoms with van der Waals surface area (Å²) in [4.78, 5) is 16.4. The summed E-state index contributed by atoms with van der Waals surface area (Å²) in [6.45, 7) is 2.86. The van der Waals surface area contributed by atoms with Crippen LogP contribution in [-0.4, -0.2) is 36.1 Å². The third-order valence-corrected chi connectivity index (χ3v) is 5.60. The molecule has 2 fully saturated rings. The van der Waals surface area contributed by atoms with E-state index in [9.17, 15) is 4.79 Å². The molecule has 5 nitrogen and oxygen atoms in total. The van der Waals surface area contributed by atoms with Gasteiger partial charge in [-0.05, 0) is 55.7 Å². The lowest BCUT2D eigenvalue weighted by Gasteiger charge is -2.24. The molecule has 0 saturated carbocycles. The quantitative estimate of drug-likeness (QED) is 0.384. The molecule has 2 aliphatic rings. The van der Waals surface area contributed by atoms with Crippen molar-refractivity contribution < 1.29 is 19.5 Å². The number of nitrogens with zero attached hydrogens (tertiary/aromatic N) is 1. The molecule has 142 valence electrons. The van der Waals surface area contributed by atoms with Gasteiger partial charge in [-0.3, -0.25) is 0 Å². The molecule has 2 saturated heterocycles. The third kappa shape index (κ3) is 4.64. The number of carboxylic acids is 1. The molecule has 3 rings (SSSR count). The fraction of sp³-hybridized carbons (Fsp3) is 0.619. The van der Waals surface area contributed by atoms with Gasteiger partial charge in [-0.25, -0.2) is 4.79 Å². The van der Waals surface area contributed by atoms with E-state index in [-0.39, 0.29) is 6.10 Å². The first-order chi connectivity index (χ1) is 12.7. The van der Waals surface area contributed by atoms with E-state index < -0.39 is 5.97 Å². The van der Waals surface area contributed by atoms with E-state index in [2.05, 4.69) is 12.1 Å². The molecular formula is C21H29NO4. The van der Waals surface area contributed by atoms with Crippen molar-refractivity contribution in [1.82, 2.24) is 0 Å². The molecule has 0 spiro atoms. The standard InChI is InChI=1S/C21H29NO4/c1-2-3-4-13-25-22-14-18-17(19-11-12-20(18)26-19)10-7-15-5-8-16(9-6-15)21(23)24/h5-6,8-9,14,17-20H,2-4,7,10-13H2,1H3,(H,23,24)/t17-,18+,19-,20+/m0/s1. The Morgan fingerprint density at radius 2 is 2.04 bits per heavy atom. The summed E-state index contributed by atoms with van der Waals surface area (Å²) < 4.78 is 6.11. The van der Waals surface area contributed by atoms with Crippen molar-refractivity contribution in [2.75, 3.05) is 6.61 Å². The predicted molar refractivity (Wildman–Crippen MR) is 101 cm³/mol. The van der Waals surface area contributed by atoms with Crippen LogP contribution in [0.5, 0.6) is 0 Å². The first-order valence-corrected chi connectivity index (χ1v) is 9.82. The Balaban J connectivity index is 1.51. The van der Waals surface area contributed by atoms with E-state index in [1.165, 1.54) is 18.4 Å². The van der Waals surface area contributed by atoms with Gasteiger partial charge in [0.25, 0.3) is 0 Å². The summed E-state index contributed by atoms with van der Waals surface area (Å²) >= 11 is 0. The Hall–Kier alpha value is -1.88. The summed E-state index contributed by atoms with van der Waals surface area (Å²) in [5.41, 5.74) is 1.51. The molecule has 26 heavy (non-hydrogen) atoms. The van der Waals surface area contributed by atoms with Gasteiger partial charge in [-0.2, -0.15) is 0 Å². The molecule has 0 radical (unpaired) electrons. The van der Waals surface area contributed by atoms with Gasteiger partial charge in [0.1, 0.15) is 6.61 Å². The van der Waals surface area contributed by atoms with E-state index in [4.69, 9.17) is 14.7 Å². The van der Waals surface area contributed by atoms with Gasteiger partial charge in [0, 0.05) is 12.1 Å². The topological polar surface area (TPSA) is 68.1 Å². The van der Waals surface area contributed by atoms with E-state index in [1.54, 1.807) is 12.1 Å². The van der Waals surface area contributed by atoms with Crippen LogP contribution in [0.15, 0.2) is 29.4 Å². The number of aryl methyl sites for hydroxylation is 1. The molecule has 1 N–H and O–H groups in total. The zero-order chi connectivity index (χ0) is 18.4. The van der Waals surface area contributed by atoms with Crippen LogP contribution in [0.3, 0.4) is 0 Å². The summed E-state index contributed by atoms with van der Waals surface area (Å²) in [6.07, 6.45) is 10.2. The number of rotatable bonds is 10. The van der Waals surface area contributed by atoms with Crippen LogP contribution in [0, 0.1) is 11.8 Å². The number of ether oxygens (including phenoxy) is 1. The van der Waals surface area contributed by atoms with Crippen molar-refractivity contribution in [3.63, 3.8) is 0 Å². The first kappa shape index (κ1) is 18.9. The molecule has 0 aromatic heterocycles. The van der Waals surface area contributed by atoms with Gasteiger partial charge in [-0.15, -0.1) is 0 Å². The Labute approximate surface area is 155 Å². The Kier molecular flexibility index (Phi) is 6.67. The Bertz CT molecular complexity index is 613. The van der Waals surface area contributed by atoms with Crippen molar-refractivity contribution in [2.24, 2.45) is 17.0 Å². The number of hydrogen-bond acceptors (Lipinski definition) is 4. The number of carbonyl (C=O) groups is 1. The van der Waals surface area contributed by atoms with Gasteiger partial charge in [0.15, 0.2) is 0 Å². The van der Waals surface area contributed by atoms with Gasteiger partial charge in [0.05, 0.1) is 17.8 Å². The van der Waals surface area contributed by atoms with Gasteiger partial charge in [0.2, 0.25) is 0 Å². The summed E-state index contributed by atoms with van der Waals surface area (Å²) in [6, 6.07) is 7.19. The van der Waals surface area contributed by atoms with Crippen LogP contribution in [0.2, 0.25) is 0 Å². The highest BCUT2D eigenvalue weighted by atomic mass is 16.6. The van der Waals surface area contributed by atoms with E-state index in [1.807, 2.05) is 18.3 Å². The number of carboxylic acid groups (broad SMARTS) is 1. The van der Waals surface area contributed by atoms with Crippen LogP contribution >= 0.6 is 0 Å². The fourth-order valence-electron chi connectivity index (χ4n) is 4.13. The Morgan fingerprint density at radius 1 is 1.27 bits per heavy atom. The van der Waals surface area contributed by atoms with Crippen LogP contribution < -0.4 is 0 Å². The van der Waals surface area contributed by atoms with Gasteiger partial charge >= 0.3 is 5.97 Å². The van der Waals surface area contributed by atoms with Gasteiger partial charge < -0.3 is 14.7 Å². The number of hydrogen-bond donors (Lipinski definition) is 1. The van der Waals surface area contributed by atoms with Crippen molar-refractivity contribution >= 4 is 12.2 Å². The molecule has 5 heteroatoms. The first-order valence-electron chi connectivity index (χ1n) is 9.82. The van der Waals surface area contributed by atoms with Crippen molar-refractivity contribution in [2.45, 2.75) is 64.1 Å². The second-order valence-electron chi connectivity index (χ2n) is 7.37. The molecule has 0 amide bonds. The van der Waals surface area contributed by atoms with Crippen LogP contribution in [0.1, 0.15) is 61.4 Å². The smallest absolute Gasteiger partial charge is 0.335 e. The highest BCUT2D eigenvalue weighted by molar-refractivity contribution is 5.87. The molecule has 1 aromatic rings. The van der Waals surface area contributed by atoms with Crippen LogP contribution in [0.25, 0.3) is 0 Å². The zero-order valence-corrected chi connectivity index (χ0v) is 15.5. The molecule has 1 aromatic carbocycles. The summed E-state index contributed by atoms with van der Waals surface area (Å²) in [5.74, 6) is -0.0811. The number of aromatic carboxylic acids is 1. The monoisotopic (exact) mass is 359 g/mol. The number of fused-ring (bicyclic) bond motifs is 2. The largest absolute Gasteiger partial charge is 0.478 e. The molecule has 4 atom stereocenters. The van der Waals surface area contributed by atoms with Crippen LogP contribution in [0.4, 0.5) is 0 Å². The molecule has 2 aliphatic heterocycles. The number of benzene rings is 1. The summed E-state index contributed by atoms with van der Waals surface area (Å²) in [5, 5.41) is 13.2. The average molecular weight is 359 g/mol. The number of unbranched alkanes of at least 4 members (excludes halogenated alkanes) is 2. The highest BCUT2D eigenvalue weighted by Gasteiger charge is 2.47. The van der Waals surface area contributed by atoms with E-state index in [0.717, 1.165) is 32.1 Å². The second kappa shape index (κ2) is 9.17. The van der Waals surface area contributed by atoms with E-state index >= 15 is 0 Å². The minimum atomic E-state index is -0.881. The molecular weight excluding hydrogens is 330 g/mol. The minimum Gasteiger partial charge on any atom is -0.478 e. The lowest BCUT2D eigenvalue weighted by atomic mass is 9.77. The van der Waals surface area contributed by atoms with E-state index in [0.29, 0.717) is 30.1 Å². The molecule has 2 bridgehead atoms. The SMILES string of the molecule is CCCCCON=C[C@@H]1[C@H](CCc2ccc(C(=O)O)cc2)[C@@H]2CC[C@H]1O2. The maximum absolute atomic E-state index is 10.9. The number of oxime groups is 1. The maximum atomic E-state index is 10.9. The minimum absolute atomic E-state index is 0.280. The lowest BCUT2D eigenvalue weighted by molar-refractivity contribution is 0.0697. The van der Waals surface area contributed by atoms with Gasteiger partial charge in [-0.1, -0.05) is 37.1 Å². The maximum Gasteiger partial charge on any atom is 0.335 e. The van der Waals surface area contributed by atoms with Crippen molar-refractivity contribution in [1.29, 1.82) is 0 Å². The highest BCUT2D eigenvalue weighted by Crippen LogP contribution is 2.44. The predicted octanol–water partition coefficient (Wildman–Crippen LogP) is 4.30. The zero-order valence-electron chi connectivity index (χ0n) is 15.5.